The van der Waals surface area contributed by atoms with Crippen molar-refractivity contribution in [3.63, 3.8) is 0 Å². The van der Waals surface area contributed by atoms with E-state index in [0.29, 0.717) is 5.92 Å². The van der Waals surface area contributed by atoms with Gasteiger partial charge in [-0.05, 0) is 56.9 Å². The van der Waals surface area contributed by atoms with E-state index in [0.717, 1.165) is 11.4 Å². The smallest absolute Gasteiger partial charge is 0.243 e. The fourth-order valence-electron chi connectivity index (χ4n) is 2.31. The summed E-state index contributed by atoms with van der Waals surface area (Å²) >= 11 is 0. The number of hydrogen-bond donors (Lipinski definition) is 1. The van der Waals surface area contributed by atoms with Gasteiger partial charge in [-0.15, -0.1) is 0 Å². The van der Waals surface area contributed by atoms with Crippen molar-refractivity contribution in [2.24, 2.45) is 11.7 Å². The summed E-state index contributed by atoms with van der Waals surface area (Å²) in [6.45, 7) is 3.83. The first-order chi connectivity index (χ1) is 9.04. The van der Waals surface area contributed by atoms with Crippen LogP contribution >= 0.6 is 0 Å². The molecule has 1 saturated carbocycles. The maximum Gasteiger partial charge on any atom is 0.243 e. The number of methoxy groups -OCH3 is 1. The Hall–Kier alpha value is -1.55. The molecule has 0 aromatic heterocycles. The highest BCUT2D eigenvalue weighted by Gasteiger charge is 2.35. The number of anilines is 1. The number of rotatable bonds is 5. The Bertz CT molecular complexity index is 438. The van der Waals surface area contributed by atoms with Crippen molar-refractivity contribution in [3.05, 3.63) is 24.3 Å². The first kappa shape index (κ1) is 13.9. The van der Waals surface area contributed by atoms with Crippen LogP contribution in [0.1, 0.15) is 26.7 Å². The van der Waals surface area contributed by atoms with E-state index >= 15 is 0 Å². The molecule has 1 amide bonds. The van der Waals surface area contributed by atoms with Crippen LogP contribution in [0, 0.1) is 5.92 Å². The van der Waals surface area contributed by atoms with Gasteiger partial charge in [0.05, 0.1) is 13.2 Å². The van der Waals surface area contributed by atoms with Crippen molar-refractivity contribution < 1.29 is 9.53 Å². The molecule has 0 aliphatic heterocycles. The molecule has 1 aromatic carbocycles. The van der Waals surface area contributed by atoms with Crippen LogP contribution in [0.25, 0.3) is 0 Å². The lowest BCUT2D eigenvalue weighted by Gasteiger charge is -2.31. The molecule has 0 radical (unpaired) electrons. The van der Waals surface area contributed by atoms with E-state index in [9.17, 15) is 4.79 Å². The van der Waals surface area contributed by atoms with E-state index < -0.39 is 6.04 Å². The summed E-state index contributed by atoms with van der Waals surface area (Å²) in [5.41, 5.74) is 6.66. The van der Waals surface area contributed by atoms with Gasteiger partial charge >= 0.3 is 0 Å². The van der Waals surface area contributed by atoms with Gasteiger partial charge in [0.1, 0.15) is 5.75 Å². The van der Waals surface area contributed by atoms with Crippen LogP contribution in [0.15, 0.2) is 24.3 Å². The number of hydrogen-bond acceptors (Lipinski definition) is 3. The maximum atomic E-state index is 12.3. The van der Waals surface area contributed by atoms with Gasteiger partial charge in [-0.2, -0.15) is 0 Å². The van der Waals surface area contributed by atoms with Crippen molar-refractivity contribution in [3.8, 4) is 5.75 Å². The molecule has 1 aromatic rings. The van der Waals surface area contributed by atoms with Crippen LogP contribution in [-0.2, 0) is 4.79 Å². The van der Waals surface area contributed by atoms with Crippen LogP contribution in [0.5, 0.6) is 5.75 Å². The third kappa shape index (κ3) is 3.07. The third-order valence-corrected chi connectivity index (χ3v) is 3.69. The summed E-state index contributed by atoms with van der Waals surface area (Å²) < 4.78 is 5.15. The molecule has 0 spiro atoms. The fourth-order valence-corrected chi connectivity index (χ4v) is 2.31. The summed E-state index contributed by atoms with van der Waals surface area (Å²) in [7, 11) is 1.63. The van der Waals surface area contributed by atoms with Crippen LogP contribution in [0.2, 0.25) is 0 Å². The Morgan fingerprint density at radius 2 is 1.89 bits per heavy atom. The zero-order chi connectivity index (χ0) is 14.0. The number of benzene rings is 1. The highest BCUT2D eigenvalue weighted by Crippen LogP contribution is 2.37. The van der Waals surface area contributed by atoms with E-state index in [4.69, 9.17) is 10.5 Å². The molecular formula is C15H22N2O2. The van der Waals surface area contributed by atoms with Gasteiger partial charge in [0.25, 0.3) is 0 Å². The zero-order valence-corrected chi connectivity index (χ0v) is 11.8. The molecular weight excluding hydrogens is 240 g/mol. The van der Waals surface area contributed by atoms with E-state index in [1.165, 1.54) is 12.8 Å². The molecule has 0 saturated heterocycles. The predicted octanol–water partition coefficient (Wildman–Crippen LogP) is 2.17. The van der Waals surface area contributed by atoms with E-state index in [1.54, 1.807) is 14.0 Å². The number of carbonyl (C=O) groups is 1. The Balaban J connectivity index is 2.26. The lowest BCUT2D eigenvalue weighted by atomic mass is 10.1. The molecule has 19 heavy (non-hydrogen) atoms. The highest BCUT2D eigenvalue weighted by atomic mass is 16.5. The van der Waals surface area contributed by atoms with Gasteiger partial charge in [0, 0.05) is 11.7 Å². The Morgan fingerprint density at radius 3 is 2.32 bits per heavy atom. The number of ether oxygens (including phenoxy) is 1. The summed E-state index contributed by atoms with van der Waals surface area (Å²) in [4.78, 5) is 14.2. The van der Waals surface area contributed by atoms with Gasteiger partial charge in [0.15, 0.2) is 0 Å². The molecule has 2 atom stereocenters. The van der Waals surface area contributed by atoms with Gasteiger partial charge in [0.2, 0.25) is 5.91 Å². The minimum atomic E-state index is -0.483. The van der Waals surface area contributed by atoms with Crippen LogP contribution in [0.4, 0.5) is 5.69 Å². The van der Waals surface area contributed by atoms with E-state index in [1.807, 2.05) is 29.2 Å². The summed E-state index contributed by atoms with van der Waals surface area (Å²) in [5.74, 6) is 1.37. The van der Waals surface area contributed by atoms with Crippen LogP contribution in [0.3, 0.4) is 0 Å². The maximum absolute atomic E-state index is 12.3. The quantitative estimate of drug-likeness (QED) is 0.884. The standard InChI is InChI=1S/C15H22N2O2/c1-10(16)15(18)17(11(2)12-4-5-12)13-6-8-14(19-3)9-7-13/h6-12H,4-5,16H2,1-3H3/t10-,11?/m0/s1. The lowest BCUT2D eigenvalue weighted by Crippen LogP contribution is -2.47. The first-order valence-corrected chi connectivity index (χ1v) is 6.77. The lowest BCUT2D eigenvalue weighted by molar-refractivity contribution is -0.120. The fraction of sp³-hybridized carbons (Fsp3) is 0.533. The predicted molar refractivity (Wildman–Crippen MR) is 76.3 cm³/mol. The second-order valence-electron chi connectivity index (χ2n) is 5.27. The Morgan fingerprint density at radius 1 is 1.32 bits per heavy atom. The minimum absolute atomic E-state index is 0.0235. The van der Waals surface area contributed by atoms with Gasteiger partial charge in [-0.25, -0.2) is 0 Å². The van der Waals surface area contributed by atoms with Crippen LogP contribution < -0.4 is 15.4 Å². The summed E-state index contributed by atoms with van der Waals surface area (Å²) in [5, 5.41) is 0. The third-order valence-electron chi connectivity index (χ3n) is 3.69. The monoisotopic (exact) mass is 262 g/mol. The van der Waals surface area contributed by atoms with Crippen molar-refractivity contribution in [2.45, 2.75) is 38.8 Å². The normalized spacial score (nSPS) is 17.7. The Kier molecular flexibility index (Phi) is 4.10. The molecule has 1 fully saturated rings. The molecule has 104 valence electrons. The summed E-state index contributed by atoms with van der Waals surface area (Å²) in [6.07, 6.45) is 2.39. The zero-order valence-electron chi connectivity index (χ0n) is 11.8. The van der Waals surface area contributed by atoms with Crippen molar-refractivity contribution >= 4 is 11.6 Å². The van der Waals surface area contributed by atoms with Crippen molar-refractivity contribution in [1.82, 2.24) is 0 Å². The molecule has 2 N–H and O–H groups in total. The molecule has 4 heteroatoms. The molecule has 2 rings (SSSR count). The molecule has 0 bridgehead atoms. The number of amides is 1. The largest absolute Gasteiger partial charge is 0.497 e. The van der Waals surface area contributed by atoms with Crippen LogP contribution in [-0.4, -0.2) is 25.1 Å². The highest BCUT2D eigenvalue weighted by molar-refractivity contribution is 5.97. The molecule has 1 unspecified atom stereocenters. The second kappa shape index (κ2) is 5.61. The van der Waals surface area contributed by atoms with Gasteiger partial charge in [-0.3, -0.25) is 4.79 Å². The number of carbonyl (C=O) groups excluding carboxylic acids is 1. The number of nitrogens with zero attached hydrogens (tertiary/aromatic N) is 1. The van der Waals surface area contributed by atoms with E-state index in [2.05, 4.69) is 6.92 Å². The first-order valence-electron chi connectivity index (χ1n) is 6.77. The average molecular weight is 262 g/mol. The topological polar surface area (TPSA) is 55.6 Å². The SMILES string of the molecule is COc1ccc(N(C(=O)[C@H](C)N)C(C)C2CC2)cc1. The average Bonchev–Trinajstić information content (AvgIpc) is 3.23. The van der Waals surface area contributed by atoms with Crippen molar-refractivity contribution in [2.75, 3.05) is 12.0 Å². The molecule has 0 heterocycles. The molecule has 1 aliphatic carbocycles. The van der Waals surface area contributed by atoms with Gasteiger partial charge < -0.3 is 15.4 Å². The minimum Gasteiger partial charge on any atom is -0.497 e. The molecule has 1 aliphatic rings. The van der Waals surface area contributed by atoms with Gasteiger partial charge in [-0.1, -0.05) is 0 Å². The Labute approximate surface area is 114 Å². The number of nitrogens with two attached hydrogens (primary N) is 1. The summed E-state index contributed by atoms with van der Waals surface area (Å²) in [6, 6.07) is 7.29. The second-order valence-corrected chi connectivity index (χ2v) is 5.27. The molecule has 4 nitrogen and oxygen atoms in total. The van der Waals surface area contributed by atoms with E-state index in [-0.39, 0.29) is 11.9 Å². The van der Waals surface area contributed by atoms with Crippen molar-refractivity contribution in [1.29, 1.82) is 0 Å².